The van der Waals surface area contributed by atoms with Crippen molar-refractivity contribution in [3.63, 3.8) is 0 Å². The van der Waals surface area contributed by atoms with Crippen LogP contribution in [0.1, 0.15) is 29.9 Å². The quantitative estimate of drug-likeness (QED) is 0.699. The number of methoxy groups -OCH3 is 1. The zero-order valence-electron chi connectivity index (χ0n) is 18.5. The first kappa shape index (κ1) is 22.0. The smallest absolute Gasteiger partial charge is 0.222 e. The number of ether oxygens (including phenoxy) is 1. The van der Waals surface area contributed by atoms with E-state index in [1.54, 1.807) is 7.11 Å². The minimum atomic E-state index is 0.302. The van der Waals surface area contributed by atoms with Crippen LogP contribution in [-0.4, -0.2) is 67.2 Å². The number of nitrogens with one attached hydrogen (secondary N) is 1. The minimum absolute atomic E-state index is 0.302. The van der Waals surface area contributed by atoms with Crippen molar-refractivity contribution >= 4 is 5.91 Å². The van der Waals surface area contributed by atoms with Gasteiger partial charge in [0.15, 0.2) is 5.76 Å². The topological polar surface area (TPSA) is 70.8 Å². The van der Waals surface area contributed by atoms with Gasteiger partial charge in [-0.1, -0.05) is 35.5 Å². The van der Waals surface area contributed by atoms with Gasteiger partial charge >= 0.3 is 0 Å². The number of hydrogen-bond acceptors (Lipinski definition) is 6. The molecule has 7 heteroatoms. The molecule has 0 bridgehead atoms. The monoisotopic (exact) mass is 426 g/mol. The maximum atomic E-state index is 13.1. The first-order chi connectivity index (χ1) is 15.2. The molecule has 2 atom stereocenters. The number of benzene rings is 1. The van der Waals surface area contributed by atoms with Crippen LogP contribution in [0.25, 0.3) is 0 Å². The molecule has 1 amide bonds. The fourth-order valence-electron chi connectivity index (χ4n) is 4.77. The maximum absolute atomic E-state index is 13.1. The van der Waals surface area contributed by atoms with E-state index in [1.165, 1.54) is 5.56 Å². The summed E-state index contributed by atoms with van der Waals surface area (Å²) >= 11 is 0. The second-order valence-electron chi connectivity index (χ2n) is 8.78. The van der Waals surface area contributed by atoms with Crippen LogP contribution >= 0.6 is 0 Å². The molecule has 0 radical (unpaired) electrons. The number of carbonyl (C=O) groups excluding carboxylic acids is 1. The zero-order valence-corrected chi connectivity index (χ0v) is 18.5. The molecular formula is C24H34N4O3. The van der Waals surface area contributed by atoms with E-state index in [2.05, 4.69) is 50.6 Å². The summed E-state index contributed by atoms with van der Waals surface area (Å²) in [5.74, 6) is 1.84. The summed E-state index contributed by atoms with van der Waals surface area (Å²) in [6.45, 7) is 6.84. The number of amides is 1. The third-order valence-corrected chi connectivity index (χ3v) is 6.54. The van der Waals surface area contributed by atoms with Gasteiger partial charge in [-0.2, -0.15) is 0 Å². The van der Waals surface area contributed by atoms with Gasteiger partial charge in [0.25, 0.3) is 0 Å². The summed E-state index contributed by atoms with van der Waals surface area (Å²) in [5.41, 5.74) is 2.29. The molecular weight excluding hydrogens is 392 g/mol. The Kier molecular flexibility index (Phi) is 7.72. The van der Waals surface area contributed by atoms with Crippen molar-refractivity contribution in [3.8, 4) is 0 Å². The largest absolute Gasteiger partial charge is 0.377 e. The number of nitrogens with zero attached hydrogens (tertiary/aromatic N) is 3. The molecule has 31 heavy (non-hydrogen) atoms. The van der Waals surface area contributed by atoms with Gasteiger partial charge in [0.1, 0.15) is 6.61 Å². The molecule has 0 aliphatic carbocycles. The zero-order chi connectivity index (χ0) is 21.5. The molecule has 2 fully saturated rings. The Morgan fingerprint density at radius 2 is 2.00 bits per heavy atom. The van der Waals surface area contributed by atoms with E-state index in [0.717, 1.165) is 70.1 Å². The van der Waals surface area contributed by atoms with E-state index >= 15 is 0 Å². The molecule has 7 nitrogen and oxygen atoms in total. The Hall–Kier alpha value is -2.22. The lowest BCUT2D eigenvalue weighted by atomic mass is 9.81. The Labute approximate surface area is 184 Å². The summed E-state index contributed by atoms with van der Waals surface area (Å²) in [6.07, 6.45) is 2.50. The number of carbonyl (C=O) groups is 1. The Morgan fingerprint density at radius 3 is 2.77 bits per heavy atom. The van der Waals surface area contributed by atoms with Gasteiger partial charge in [0.2, 0.25) is 5.91 Å². The van der Waals surface area contributed by atoms with E-state index in [9.17, 15) is 4.79 Å². The molecule has 0 saturated carbocycles. The lowest BCUT2D eigenvalue weighted by Crippen LogP contribution is -2.49. The van der Waals surface area contributed by atoms with Crippen molar-refractivity contribution in [2.75, 3.05) is 46.4 Å². The normalized spacial score (nSPS) is 22.5. The highest BCUT2D eigenvalue weighted by Gasteiger charge is 2.30. The van der Waals surface area contributed by atoms with Crippen LogP contribution in [0.15, 0.2) is 40.9 Å². The van der Waals surface area contributed by atoms with Crippen molar-refractivity contribution in [3.05, 3.63) is 53.4 Å². The number of piperidine rings is 1. The summed E-state index contributed by atoms with van der Waals surface area (Å²) in [7, 11) is 1.65. The van der Waals surface area contributed by atoms with Crippen molar-refractivity contribution in [1.29, 1.82) is 0 Å². The standard InChI is InChI=1S/C24H34N4O3/c1-30-18-23-15-22(26-31-23)13-21-16-25-8-7-20(21)14-24(29)28-11-9-27(10-12-28)17-19-5-3-2-4-6-19/h2-6,15,20-21,25H,7-14,16-18H2,1H3/t20-,21+/m0/s1. The van der Waals surface area contributed by atoms with Gasteiger partial charge in [-0.3, -0.25) is 9.69 Å². The molecule has 1 aromatic heterocycles. The van der Waals surface area contributed by atoms with E-state index in [4.69, 9.17) is 9.26 Å². The van der Waals surface area contributed by atoms with Gasteiger partial charge in [-0.05, 0) is 43.3 Å². The molecule has 0 unspecified atom stereocenters. The fourth-order valence-corrected chi connectivity index (χ4v) is 4.77. The summed E-state index contributed by atoms with van der Waals surface area (Å²) in [5, 5.41) is 7.68. The Balaban J connectivity index is 1.26. The van der Waals surface area contributed by atoms with Gasteiger partial charge in [0, 0.05) is 52.3 Å². The van der Waals surface area contributed by atoms with Crippen LogP contribution in [-0.2, 0) is 29.1 Å². The van der Waals surface area contributed by atoms with Gasteiger partial charge in [0.05, 0.1) is 5.69 Å². The molecule has 168 valence electrons. The Bertz CT molecular complexity index is 817. The third kappa shape index (κ3) is 6.15. The average Bonchev–Trinajstić information content (AvgIpc) is 3.23. The first-order valence-corrected chi connectivity index (χ1v) is 11.4. The predicted molar refractivity (Wildman–Crippen MR) is 118 cm³/mol. The molecule has 2 aliphatic rings. The average molecular weight is 427 g/mol. The van der Waals surface area contributed by atoms with Gasteiger partial charge < -0.3 is 19.5 Å². The molecule has 0 spiro atoms. The number of hydrogen-bond donors (Lipinski definition) is 1. The van der Waals surface area contributed by atoms with E-state index in [-0.39, 0.29) is 0 Å². The number of aromatic nitrogens is 1. The van der Waals surface area contributed by atoms with Crippen molar-refractivity contribution in [2.45, 2.75) is 32.4 Å². The van der Waals surface area contributed by atoms with E-state index in [0.29, 0.717) is 30.8 Å². The molecule has 2 saturated heterocycles. The second kappa shape index (κ2) is 10.9. The fraction of sp³-hybridized carbons (Fsp3) is 0.583. The van der Waals surface area contributed by atoms with Crippen molar-refractivity contribution < 1.29 is 14.1 Å². The third-order valence-electron chi connectivity index (χ3n) is 6.54. The summed E-state index contributed by atoms with van der Waals surface area (Å²) in [6, 6.07) is 12.5. The van der Waals surface area contributed by atoms with Gasteiger partial charge in [-0.15, -0.1) is 0 Å². The molecule has 3 heterocycles. The van der Waals surface area contributed by atoms with E-state index in [1.807, 2.05) is 6.07 Å². The molecule has 2 aromatic rings. The first-order valence-electron chi connectivity index (χ1n) is 11.4. The van der Waals surface area contributed by atoms with Crippen LogP contribution in [0.3, 0.4) is 0 Å². The Morgan fingerprint density at radius 1 is 1.19 bits per heavy atom. The molecule has 1 aromatic carbocycles. The maximum Gasteiger partial charge on any atom is 0.222 e. The SMILES string of the molecule is COCc1cc(C[C@@H]2CNCC[C@H]2CC(=O)N2CCN(Cc3ccccc3)CC2)no1. The minimum Gasteiger partial charge on any atom is -0.377 e. The van der Waals surface area contributed by atoms with Gasteiger partial charge in [-0.25, -0.2) is 0 Å². The number of piperazine rings is 1. The second-order valence-corrected chi connectivity index (χ2v) is 8.78. The molecule has 1 N–H and O–H groups in total. The molecule has 2 aliphatic heterocycles. The van der Waals surface area contributed by atoms with Crippen LogP contribution in [0, 0.1) is 11.8 Å². The summed E-state index contributed by atoms with van der Waals surface area (Å²) in [4.78, 5) is 17.6. The van der Waals surface area contributed by atoms with Crippen molar-refractivity contribution in [2.24, 2.45) is 11.8 Å². The lowest BCUT2D eigenvalue weighted by Gasteiger charge is -2.37. The molecule has 4 rings (SSSR count). The highest BCUT2D eigenvalue weighted by atomic mass is 16.5. The van der Waals surface area contributed by atoms with E-state index < -0.39 is 0 Å². The van der Waals surface area contributed by atoms with Crippen LogP contribution < -0.4 is 5.32 Å². The van der Waals surface area contributed by atoms with Crippen LogP contribution in [0.2, 0.25) is 0 Å². The number of rotatable bonds is 8. The highest BCUT2D eigenvalue weighted by Crippen LogP contribution is 2.27. The predicted octanol–water partition coefficient (Wildman–Crippen LogP) is 2.32. The summed E-state index contributed by atoms with van der Waals surface area (Å²) < 4.78 is 10.4. The van der Waals surface area contributed by atoms with Crippen LogP contribution in [0.4, 0.5) is 0 Å². The van der Waals surface area contributed by atoms with Crippen LogP contribution in [0.5, 0.6) is 0 Å². The van der Waals surface area contributed by atoms with Crippen molar-refractivity contribution in [1.82, 2.24) is 20.3 Å². The highest BCUT2D eigenvalue weighted by molar-refractivity contribution is 5.76. The lowest BCUT2D eigenvalue weighted by molar-refractivity contribution is -0.134.